The maximum atomic E-state index is 10.8. The van der Waals surface area contributed by atoms with Crippen molar-refractivity contribution in [1.29, 1.82) is 0 Å². The molecule has 5 heteroatoms. The van der Waals surface area contributed by atoms with Gasteiger partial charge < -0.3 is 10.0 Å². The fourth-order valence-corrected chi connectivity index (χ4v) is 1.63. The molecule has 1 aromatic rings. The van der Waals surface area contributed by atoms with Crippen LogP contribution < -0.4 is 5.46 Å². The van der Waals surface area contributed by atoms with Gasteiger partial charge in [-0.05, 0) is 12.3 Å². The average Bonchev–Trinajstić information content (AvgIpc) is 2.32. The van der Waals surface area contributed by atoms with E-state index < -0.39 is 7.12 Å². The summed E-state index contributed by atoms with van der Waals surface area (Å²) >= 11 is 1.22. The molecule has 1 heterocycles. The van der Waals surface area contributed by atoms with Crippen LogP contribution >= 0.6 is 11.3 Å². The Balaban J connectivity index is 3.06. The van der Waals surface area contributed by atoms with E-state index >= 15 is 0 Å². The first-order valence-electron chi connectivity index (χ1n) is 3.07. The molecule has 0 atom stereocenters. The van der Waals surface area contributed by atoms with E-state index in [2.05, 4.69) is 0 Å². The van der Waals surface area contributed by atoms with E-state index in [4.69, 9.17) is 10.0 Å². The molecule has 0 radical (unpaired) electrons. The zero-order valence-electron chi connectivity index (χ0n) is 5.94. The minimum atomic E-state index is -1.54. The van der Waals surface area contributed by atoms with E-state index in [1.165, 1.54) is 24.3 Å². The molecular formula is C6H7BO3S. The Bertz CT molecular complexity index is 269. The molecule has 0 fully saturated rings. The predicted molar refractivity (Wildman–Crippen MR) is 44.1 cm³/mol. The van der Waals surface area contributed by atoms with Gasteiger partial charge in [-0.25, -0.2) is 0 Å². The Hall–Kier alpha value is -0.645. The van der Waals surface area contributed by atoms with Gasteiger partial charge in [0.2, 0.25) is 0 Å². The summed E-state index contributed by atoms with van der Waals surface area (Å²) in [6, 6.07) is 1.53. The maximum Gasteiger partial charge on any atom is 0.490 e. The van der Waals surface area contributed by atoms with Crippen molar-refractivity contribution in [3.05, 3.63) is 16.3 Å². The smallest absolute Gasteiger partial charge is 0.423 e. The lowest BCUT2D eigenvalue weighted by molar-refractivity contribution is 0.102. The van der Waals surface area contributed by atoms with Crippen molar-refractivity contribution in [1.82, 2.24) is 0 Å². The number of carbonyl (C=O) groups is 1. The van der Waals surface area contributed by atoms with Crippen molar-refractivity contribution in [2.45, 2.75) is 6.92 Å². The van der Waals surface area contributed by atoms with Crippen molar-refractivity contribution in [2.75, 3.05) is 0 Å². The van der Waals surface area contributed by atoms with Gasteiger partial charge in [-0.1, -0.05) is 6.07 Å². The topological polar surface area (TPSA) is 57.5 Å². The van der Waals surface area contributed by atoms with Crippen molar-refractivity contribution >= 4 is 29.7 Å². The van der Waals surface area contributed by atoms with Crippen LogP contribution in [0, 0.1) is 0 Å². The Morgan fingerprint density at radius 3 is 2.64 bits per heavy atom. The van der Waals surface area contributed by atoms with Crippen LogP contribution in [0.3, 0.4) is 0 Å². The second-order valence-corrected chi connectivity index (χ2v) is 3.05. The minimum Gasteiger partial charge on any atom is -0.423 e. The third-order valence-electron chi connectivity index (χ3n) is 1.29. The third-order valence-corrected chi connectivity index (χ3v) is 2.32. The first-order valence-corrected chi connectivity index (χ1v) is 3.95. The maximum absolute atomic E-state index is 10.8. The highest BCUT2D eigenvalue weighted by Crippen LogP contribution is 2.06. The van der Waals surface area contributed by atoms with Crippen LogP contribution in [-0.2, 0) is 0 Å². The van der Waals surface area contributed by atoms with Gasteiger partial charge in [0.15, 0.2) is 5.78 Å². The molecule has 0 spiro atoms. The summed E-state index contributed by atoms with van der Waals surface area (Å²) in [5.74, 6) is -0.136. The molecule has 0 aliphatic carbocycles. The Morgan fingerprint density at radius 1 is 1.64 bits per heavy atom. The molecule has 3 nitrogen and oxygen atoms in total. The molecule has 58 valence electrons. The van der Waals surface area contributed by atoms with Crippen LogP contribution in [0.25, 0.3) is 0 Å². The molecule has 1 rings (SSSR count). The molecule has 0 aliphatic heterocycles. The first-order chi connectivity index (χ1) is 5.13. The molecule has 11 heavy (non-hydrogen) atoms. The highest BCUT2D eigenvalue weighted by Gasteiger charge is 2.18. The summed E-state index contributed by atoms with van der Waals surface area (Å²) in [6.45, 7) is 1.40. The van der Waals surface area contributed by atoms with E-state index in [1.54, 1.807) is 5.38 Å². The standard InChI is InChI=1S/C6H7BO3S/c1-4(8)6-5(7(9)10)2-3-11-6/h2-3,9-10H,1H3. The SMILES string of the molecule is CC(=O)c1sccc1B(O)O. The second kappa shape index (κ2) is 3.17. The van der Waals surface area contributed by atoms with E-state index in [0.29, 0.717) is 10.3 Å². The predicted octanol–water partition coefficient (Wildman–Crippen LogP) is -0.370. The molecule has 0 saturated carbocycles. The lowest BCUT2D eigenvalue weighted by Gasteiger charge is -1.96. The number of hydrogen-bond acceptors (Lipinski definition) is 4. The average molecular weight is 170 g/mol. The van der Waals surface area contributed by atoms with Gasteiger partial charge in [-0.15, -0.1) is 11.3 Å². The van der Waals surface area contributed by atoms with E-state index in [9.17, 15) is 4.79 Å². The fraction of sp³-hybridized carbons (Fsp3) is 0.167. The van der Waals surface area contributed by atoms with Crippen LogP contribution in [-0.4, -0.2) is 22.9 Å². The van der Waals surface area contributed by atoms with Gasteiger partial charge in [-0.2, -0.15) is 0 Å². The first kappa shape index (κ1) is 8.45. The van der Waals surface area contributed by atoms with E-state index in [1.807, 2.05) is 0 Å². The summed E-state index contributed by atoms with van der Waals surface area (Å²) < 4.78 is 0. The second-order valence-electron chi connectivity index (χ2n) is 2.13. The third kappa shape index (κ3) is 1.68. The summed E-state index contributed by atoms with van der Waals surface area (Å²) in [5.41, 5.74) is 0.294. The van der Waals surface area contributed by atoms with Gasteiger partial charge in [-0.3, -0.25) is 4.79 Å². The number of hydrogen-bond donors (Lipinski definition) is 2. The molecular weight excluding hydrogens is 163 g/mol. The molecule has 2 N–H and O–H groups in total. The van der Waals surface area contributed by atoms with Gasteiger partial charge in [0.05, 0.1) is 4.88 Å². The summed E-state index contributed by atoms with van der Waals surface area (Å²) in [6.07, 6.45) is 0. The Morgan fingerprint density at radius 2 is 2.27 bits per heavy atom. The molecule has 0 bridgehead atoms. The van der Waals surface area contributed by atoms with Crippen LogP contribution in [0.5, 0.6) is 0 Å². The highest BCUT2D eigenvalue weighted by atomic mass is 32.1. The monoisotopic (exact) mass is 170 g/mol. The van der Waals surface area contributed by atoms with Crippen LogP contribution in [0.2, 0.25) is 0 Å². The highest BCUT2D eigenvalue weighted by molar-refractivity contribution is 7.13. The lowest BCUT2D eigenvalue weighted by atomic mass is 9.80. The number of Topliss-reactive ketones (excluding diaryl/α,β-unsaturated/α-hetero) is 1. The molecule has 0 aliphatic rings. The van der Waals surface area contributed by atoms with E-state index in [0.717, 1.165) is 0 Å². The molecule has 0 unspecified atom stereocenters. The van der Waals surface area contributed by atoms with Gasteiger partial charge in [0.25, 0.3) is 0 Å². The fourth-order valence-electron chi connectivity index (χ4n) is 0.809. The van der Waals surface area contributed by atoms with E-state index in [-0.39, 0.29) is 5.78 Å². The van der Waals surface area contributed by atoms with Gasteiger partial charge >= 0.3 is 7.12 Å². The number of rotatable bonds is 2. The van der Waals surface area contributed by atoms with Crippen molar-refractivity contribution < 1.29 is 14.8 Å². The Kier molecular flexibility index (Phi) is 2.43. The number of thiophene rings is 1. The minimum absolute atomic E-state index is 0.136. The van der Waals surface area contributed by atoms with Crippen LogP contribution in [0.4, 0.5) is 0 Å². The molecule has 0 amide bonds. The molecule has 1 aromatic heterocycles. The normalized spacial score (nSPS) is 9.73. The Labute approximate surface area is 68.4 Å². The van der Waals surface area contributed by atoms with Crippen molar-refractivity contribution in [3.63, 3.8) is 0 Å². The van der Waals surface area contributed by atoms with Crippen LogP contribution in [0.15, 0.2) is 11.4 Å². The van der Waals surface area contributed by atoms with Gasteiger partial charge in [0, 0.05) is 5.46 Å². The zero-order chi connectivity index (χ0) is 8.43. The summed E-state index contributed by atoms with van der Waals surface area (Å²) in [7, 11) is -1.54. The van der Waals surface area contributed by atoms with Crippen molar-refractivity contribution in [3.8, 4) is 0 Å². The number of carbonyl (C=O) groups excluding carboxylic acids is 1. The number of ketones is 1. The zero-order valence-corrected chi connectivity index (χ0v) is 6.76. The van der Waals surface area contributed by atoms with Crippen LogP contribution in [0.1, 0.15) is 16.6 Å². The quantitative estimate of drug-likeness (QED) is 0.470. The van der Waals surface area contributed by atoms with Crippen molar-refractivity contribution in [2.24, 2.45) is 0 Å². The molecule has 0 saturated heterocycles. The largest absolute Gasteiger partial charge is 0.490 e. The van der Waals surface area contributed by atoms with Gasteiger partial charge in [0.1, 0.15) is 0 Å². The lowest BCUT2D eigenvalue weighted by Crippen LogP contribution is -2.32. The summed E-state index contributed by atoms with van der Waals surface area (Å²) in [4.78, 5) is 11.2. The summed E-state index contributed by atoms with van der Waals surface area (Å²) in [5, 5.41) is 19.2. The molecule has 0 aromatic carbocycles.